The van der Waals surface area contributed by atoms with E-state index in [-0.39, 0.29) is 17.7 Å². The molecule has 0 radical (unpaired) electrons. The van der Waals surface area contributed by atoms with E-state index in [1.807, 2.05) is 36.7 Å². The molecule has 1 fully saturated rings. The van der Waals surface area contributed by atoms with Crippen LogP contribution in [0.1, 0.15) is 47.3 Å². The van der Waals surface area contributed by atoms with Crippen molar-refractivity contribution in [2.45, 2.75) is 57.2 Å². The van der Waals surface area contributed by atoms with Crippen molar-refractivity contribution >= 4 is 26.6 Å². The van der Waals surface area contributed by atoms with Gasteiger partial charge in [-0.05, 0) is 62.3 Å². The number of sulfone groups is 1. The average molecular weight is 441 g/mol. The molecule has 0 saturated heterocycles. The first-order valence-corrected chi connectivity index (χ1v) is 13.1. The molecular weight excluding hydrogens is 412 g/mol. The molecular formula is C23H28N4O3S. The predicted octanol–water partition coefficient (Wildman–Crippen LogP) is 2.96. The van der Waals surface area contributed by atoms with Gasteiger partial charge in [-0.3, -0.25) is 9.89 Å². The Morgan fingerprint density at radius 2 is 2.06 bits per heavy atom. The standard InChI is InChI=1S/C23H28N4O3S/c1-31(29,30)13-3-11-26-12-10-19-20(4-2-5-22(19)26)23(28)27(17-6-7-17)18-8-9-21-16(14-18)15-24-25-21/h2,4-5,10,12,15,17-18H,3,6-9,11,13-14H2,1H3,(H,24,25). The number of hydrogen-bond donors (Lipinski definition) is 1. The number of aromatic nitrogens is 3. The number of nitrogens with one attached hydrogen (secondary N) is 1. The summed E-state index contributed by atoms with van der Waals surface area (Å²) < 4.78 is 25.0. The third kappa shape index (κ3) is 4.13. The Bertz CT molecular complexity index is 1220. The number of carbonyl (C=O) groups excluding carboxylic acids is 1. The van der Waals surface area contributed by atoms with E-state index in [1.54, 1.807) is 0 Å². The molecule has 1 amide bonds. The van der Waals surface area contributed by atoms with Gasteiger partial charge >= 0.3 is 0 Å². The highest BCUT2D eigenvalue weighted by Gasteiger charge is 2.39. The molecule has 164 valence electrons. The lowest BCUT2D eigenvalue weighted by atomic mass is 9.91. The number of H-pyrrole nitrogens is 1. The molecule has 0 bridgehead atoms. The molecule has 1 saturated carbocycles. The zero-order valence-electron chi connectivity index (χ0n) is 17.8. The molecule has 2 aliphatic rings. The lowest BCUT2D eigenvalue weighted by Crippen LogP contribution is -2.44. The summed E-state index contributed by atoms with van der Waals surface area (Å²) in [5.74, 6) is 0.275. The second kappa shape index (κ2) is 7.82. The van der Waals surface area contributed by atoms with Gasteiger partial charge in [0.15, 0.2) is 0 Å². The summed E-state index contributed by atoms with van der Waals surface area (Å²) in [6, 6.07) is 8.39. The minimum Gasteiger partial charge on any atom is -0.347 e. The number of benzene rings is 1. The third-order valence-electron chi connectivity index (χ3n) is 6.52. The Hall–Kier alpha value is -2.61. The molecule has 3 aromatic rings. The quantitative estimate of drug-likeness (QED) is 0.612. The monoisotopic (exact) mass is 440 g/mol. The van der Waals surface area contributed by atoms with Gasteiger partial charge in [-0.15, -0.1) is 0 Å². The van der Waals surface area contributed by atoms with Crippen LogP contribution in [-0.4, -0.2) is 58.1 Å². The Morgan fingerprint density at radius 1 is 1.23 bits per heavy atom. The lowest BCUT2D eigenvalue weighted by molar-refractivity contribution is 0.0645. The van der Waals surface area contributed by atoms with Crippen molar-refractivity contribution in [3.8, 4) is 0 Å². The highest BCUT2D eigenvalue weighted by atomic mass is 32.2. The Labute approximate surface area is 182 Å². The van der Waals surface area contributed by atoms with Crippen LogP contribution >= 0.6 is 0 Å². The molecule has 0 spiro atoms. The fourth-order valence-electron chi connectivity index (χ4n) is 4.86. The summed E-state index contributed by atoms with van der Waals surface area (Å²) in [7, 11) is -2.98. The van der Waals surface area contributed by atoms with Crippen LogP contribution in [0.3, 0.4) is 0 Å². The van der Waals surface area contributed by atoms with Gasteiger partial charge in [-0.2, -0.15) is 5.10 Å². The van der Waals surface area contributed by atoms with E-state index in [2.05, 4.69) is 19.7 Å². The number of nitrogens with zero attached hydrogens (tertiary/aromatic N) is 3. The molecule has 8 heteroatoms. The van der Waals surface area contributed by atoms with E-state index in [0.29, 0.717) is 19.0 Å². The minimum absolute atomic E-state index is 0.110. The number of amides is 1. The van der Waals surface area contributed by atoms with Gasteiger partial charge in [0.25, 0.3) is 5.91 Å². The van der Waals surface area contributed by atoms with Crippen LogP contribution in [0.4, 0.5) is 0 Å². The zero-order chi connectivity index (χ0) is 21.6. The Morgan fingerprint density at radius 3 is 2.84 bits per heavy atom. The molecule has 1 unspecified atom stereocenters. The number of hydrogen-bond acceptors (Lipinski definition) is 4. The van der Waals surface area contributed by atoms with Gasteiger partial charge in [0.2, 0.25) is 0 Å². The molecule has 5 rings (SSSR count). The summed E-state index contributed by atoms with van der Waals surface area (Å²) in [6.45, 7) is 0.618. The number of aromatic amines is 1. The smallest absolute Gasteiger partial charge is 0.255 e. The summed E-state index contributed by atoms with van der Waals surface area (Å²) in [4.78, 5) is 15.9. The van der Waals surface area contributed by atoms with Crippen LogP contribution in [-0.2, 0) is 29.2 Å². The van der Waals surface area contributed by atoms with E-state index in [9.17, 15) is 13.2 Å². The molecule has 2 aromatic heterocycles. The second-order valence-electron chi connectivity index (χ2n) is 8.94. The summed E-state index contributed by atoms with van der Waals surface area (Å²) >= 11 is 0. The fraction of sp³-hybridized carbons (Fsp3) is 0.478. The van der Waals surface area contributed by atoms with Crippen molar-refractivity contribution in [1.82, 2.24) is 19.7 Å². The van der Waals surface area contributed by atoms with Crippen LogP contribution in [0, 0.1) is 0 Å². The van der Waals surface area contributed by atoms with Gasteiger partial charge in [-0.1, -0.05) is 6.07 Å². The van der Waals surface area contributed by atoms with E-state index in [4.69, 9.17) is 0 Å². The number of fused-ring (bicyclic) bond motifs is 2. The molecule has 1 aromatic carbocycles. The van der Waals surface area contributed by atoms with Crippen molar-refractivity contribution in [3.05, 3.63) is 53.5 Å². The topological polar surface area (TPSA) is 88.1 Å². The van der Waals surface area contributed by atoms with E-state index < -0.39 is 9.84 Å². The summed E-state index contributed by atoms with van der Waals surface area (Å²) in [5, 5.41) is 8.20. The largest absolute Gasteiger partial charge is 0.347 e. The van der Waals surface area contributed by atoms with Crippen molar-refractivity contribution in [3.63, 3.8) is 0 Å². The van der Waals surface area contributed by atoms with Crippen LogP contribution in [0.5, 0.6) is 0 Å². The fourth-order valence-corrected chi connectivity index (χ4v) is 5.51. The van der Waals surface area contributed by atoms with Crippen LogP contribution in [0.15, 0.2) is 36.7 Å². The molecule has 1 N–H and O–H groups in total. The van der Waals surface area contributed by atoms with Gasteiger partial charge in [0, 0.05) is 53.2 Å². The lowest BCUT2D eigenvalue weighted by Gasteiger charge is -2.34. The summed E-state index contributed by atoms with van der Waals surface area (Å²) in [6.07, 6.45) is 10.6. The SMILES string of the molecule is CS(=O)(=O)CCCn1ccc2c(C(=O)N(C3CC3)C3CCc4[nH]ncc4C3)cccc21. The summed E-state index contributed by atoms with van der Waals surface area (Å²) in [5.41, 5.74) is 4.15. The van der Waals surface area contributed by atoms with E-state index >= 15 is 0 Å². The van der Waals surface area contributed by atoms with Gasteiger partial charge in [0.05, 0.1) is 11.9 Å². The maximum absolute atomic E-state index is 13.8. The number of aryl methyl sites for hydroxylation is 2. The number of rotatable bonds is 7. The van der Waals surface area contributed by atoms with E-state index in [1.165, 1.54) is 17.5 Å². The van der Waals surface area contributed by atoms with Crippen molar-refractivity contribution in [2.24, 2.45) is 0 Å². The molecule has 1 atom stereocenters. The maximum atomic E-state index is 13.8. The molecule has 2 aliphatic carbocycles. The molecule has 7 nitrogen and oxygen atoms in total. The van der Waals surface area contributed by atoms with Gasteiger partial charge < -0.3 is 9.47 Å². The Kier molecular flexibility index (Phi) is 5.12. The Balaban J connectivity index is 1.41. The first-order valence-electron chi connectivity index (χ1n) is 11.0. The normalized spacial score (nSPS) is 18.8. The van der Waals surface area contributed by atoms with Crippen molar-refractivity contribution < 1.29 is 13.2 Å². The van der Waals surface area contributed by atoms with Crippen molar-refractivity contribution in [2.75, 3.05) is 12.0 Å². The molecule has 2 heterocycles. The van der Waals surface area contributed by atoms with E-state index in [0.717, 1.165) is 48.6 Å². The van der Waals surface area contributed by atoms with Gasteiger partial charge in [-0.25, -0.2) is 8.42 Å². The van der Waals surface area contributed by atoms with Crippen LogP contribution in [0.2, 0.25) is 0 Å². The average Bonchev–Trinajstić information content (AvgIpc) is 3.29. The molecule has 31 heavy (non-hydrogen) atoms. The van der Waals surface area contributed by atoms with Gasteiger partial charge in [0.1, 0.15) is 9.84 Å². The highest BCUT2D eigenvalue weighted by Crippen LogP contribution is 2.35. The zero-order valence-corrected chi connectivity index (χ0v) is 18.6. The number of carbonyl (C=O) groups is 1. The van der Waals surface area contributed by atoms with Crippen molar-refractivity contribution in [1.29, 1.82) is 0 Å². The van der Waals surface area contributed by atoms with Crippen LogP contribution < -0.4 is 0 Å². The first kappa shape index (κ1) is 20.3. The predicted molar refractivity (Wildman–Crippen MR) is 120 cm³/mol. The second-order valence-corrected chi connectivity index (χ2v) is 11.2. The highest BCUT2D eigenvalue weighted by molar-refractivity contribution is 7.90. The minimum atomic E-state index is -2.98. The van der Waals surface area contributed by atoms with Crippen LogP contribution in [0.25, 0.3) is 10.9 Å². The maximum Gasteiger partial charge on any atom is 0.255 e. The third-order valence-corrected chi connectivity index (χ3v) is 7.55. The molecule has 0 aliphatic heterocycles. The first-order chi connectivity index (χ1) is 14.9.